The summed E-state index contributed by atoms with van der Waals surface area (Å²) in [6.07, 6.45) is 4.27. The largest absolute Gasteiger partial charge is 0.484 e. The van der Waals surface area contributed by atoms with E-state index in [1.165, 1.54) is 0 Å². The molecule has 4 fully saturated rings. The van der Waals surface area contributed by atoms with Crippen molar-refractivity contribution in [2.75, 3.05) is 13.2 Å². The molecule has 1 aromatic rings. The van der Waals surface area contributed by atoms with Crippen molar-refractivity contribution in [3.8, 4) is 5.75 Å². The third-order valence-corrected chi connectivity index (χ3v) is 7.56. The molecule has 2 N–H and O–H groups in total. The maximum Gasteiger partial charge on any atom is 0.246 e. The van der Waals surface area contributed by atoms with E-state index >= 15 is 0 Å². The fourth-order valence-corrected chi connectivity index (χ4v) is 6.39. The first kappa shape index (κ1) is 15.9. The minimum absolute atomic E-state index is 0.0127. The molecule has 1 spiro atoms. The van der Waals surface area contributed by atoms with Crippen molar-refractivity contribution in [1.82, 2.24) is 10.6 Å². The molecule has 27 heavy (non-hydrogen) atoms. The minimum Gasteiger partial charge on any atom is -0.484 e. The first-order chi connectivity index (χ1) is 13.1. The van der Waals surface area contributed by atoms with Crippen molar-refractivity contribution in [1.29, 1.82) is 0 Å². The van der Waals surface area contributed by atoms with Gasteiger partial charge in [-0.2, -0.15) is 0 Å². The predicted octanol–water partition coefficient (Wildman–Crippen LogP) is 1.70. The number of hydrogen-bond acceptors (Lipinski definition) is 4. The first-order valence-electron chi connectivity index (χ1n) is 10.1. The lowest BCUT2D eigenvalue weighted by molar-refractivity contribution is -0.131. The maximum atomic E-state index is 13.4. The second-order valence-electron chi connectivity index (χ2n) is 9.07. The van der Waals surface area contributed by atoms with Crippen LogP contribution in [0.5, 0.6) is 5.75 Å². The van der Waals surface area contributed by atoms with Crippen LogP contribution in [0.4, 0.5) is 0 Å². The van der Waals surface area contributed by atoms with Gasteiger partial charge in [0.15, 0.2) is 0 Å². The molecule has 2 saturated carbocycles. The highest BCUT2D eigenvalue weighted by Crippen LogP contribution is 2.58. The van der Waals surface area contributed by atoms with Crippen LogP contribution in [-0.2, 0) is 14.3 Å². The van der Waals surface area contributed by atoms with Gasteiger partial charge in [-0.25, -0.2) is 0 Å². The molecule has 0 radical (unpaired) electrons. The van der Waals surface area contributed by atoms with Gasteiger partial charge in [0.25, 0.3) is 0 Å². The summed E-state index contributed by atoms with van der Waals surface area (Å²) in [4.78, 5) is 25.8. The second kappa shape index (κ2) is 5.25. The topological polar surface area (TPSA) is 76.7 Å². The summed E-state index contributed by atoms with van der Waals surface area (Å²) < 4.78 is 11.9. The highest BCUT2D eigenvalue weighted by molar-refractivity contribution is 5.98. The van der Waals surface area contributed by atoms with E-state index in [9.17, 15) is 9.59 Å². The van der Waals surface area contributed by atoms with Crippen LogP contribution in [0.2, 0.25) is 0 Å². The summed E-state index contributed by atoms with van der Waals surface area (Å²) in [6.45, 7) is 1.25. The predicted molar refractivity (Wildman–Crippen MR) is 95.9 cm³/mol. The maximum absolute atomic E-state index is 13.4. The number of nitrogens with one attached hydrogen (secondary N) is 2. The Morgan fingerprint density at radius 2 is 2.11 bits per heavy atom. The number of rotatable bonds is 2. The SMILES string of the molecule is O=C1NC2(C(=O)NC3CC4(CCOC4)Oc4ccccc43)CC3CC1C2C3. The Morgan fingerprint density at radius 1 is 1.22 bits per heavy atom. The van der Waals surface area contributed by atoms with Crippen LogP contribution in [0.25, 0.3) is 0 Å². The standard InChI is InChI=1S/C21H24N2O4/c24-18-14-7-12-8-15(14)21(9-12,23-18)19(25)22-16-10-20(5-6-26-11-20)27-17-4-2-1-3-13(16)17/h1-4,12,14-16H,5-11H2,(H,22,25)(H,23,24). The molecule has 6 nitrogen and oxygen atoms in total. The molecule has 3 heterocycles. The summed E-state index contributed by atoms with van der Waals surface area (Å²) in [5.41, 5.74) is -0.0408. The highest BCUT2D eigenvalue weighted by Gasteiger charge is 2.66. The normalized spacial score (nSPS) is 43.5. The lowest BCUT2D eigenvalue weighted by Crippen LogP contribution is -2.58. The third kappa shape index (κ3) is 2.10. The van der Waals surface area contributed by atoms with Gasteiger partial charge >= 0.3 is 0 Å². The number of amides is 2. The van der Waals surface area contributed by atoms with Crippen LogP contribution < -0.4 is 15.4 Å². The van der Waals surface area contributed by atoms with Crippen molar-refractivity contribution in [3.05, 3.63) is 29.8 Å². The van der Waals surface area contributed by atoms with Crippen molar-refractivity contribution < 1.29 is 19.1 Å². The Bertz CT molecular complexity index is 833. The number of ether oxygens (including phenoxy) is 2. The lowest BCUT2D eigenvalue weighted by atomic mass is 9.78. The fourth-order valence-electron chi connectivity index (χ4n) is 6.39. The molecular formula is C21H24N2O4. The molecule has 6 atom stereocenters. The van der Waals surface area contributed by atoms with Crippen LogP contribution in [0.15, 0.2) is 24.3 Å². The number of fused-ring (bicyclic) bond motifs is 2. The van der Waals surface area contributed by atoms with Crippen molar-refractivity contribution in [2.24, 2.45) is 17.8 Å². The quantitative estimate of drug-likeness (QED) is 0.833. The molecule has 6 unspecified atom stereocenters. The molecule has 2 amide bonds. The average molecular weight is 368 g/mol. The Balaban J connectivity index is 1.31. The van der Waals surface area contributed by atoms with Crippen LogP contribution in [0.3, 0.4) is 0 Å². The molecule has 2 saturated heterocycles. The molecule has 5 aliphatic rings. The Morgan fingerprint density at radius 3 is 2.93 bits per heavy atom. The van der Waals surface area contributed by atoms with Crippen LogP contribution in [-0.4, -0.2) is 36.2 Å². The second-order valence-corrected chi connectivity index (χ2v) is 9.07. The van der Waals surface area contributed by atoms with E-state index in [1.807, 2.05) is 24.3 Å². The average Bonchev–Trinajstić information content (AvgIpc) is 3.38. The Labute approximate surface area is 158 Å². The smallest absolute Gasteiger partial charge is 0.246 e. The zero-order valence-electron chi connectivity index (χ0n) is 15.2. The Hall–Kier alpha value is -2.08. The van der Waals surface area contributed by atoms with Gasteiger partial charge < -0.3 is 20.1 Å². The van der Waals surface area contributed by atoms with Crippen LogP contribution in [0, 0.1) is 17.8 Å². The molecular weight excluding hydrogens is 344 g/mol. The van der Waals surface area contributed by atoms with E-state index in [1.54, 1.807) is 0 Å². The van der Waals surface area contributed by atoms with Gasteiger partial charge in [0.05, 0.1) is 19.3 Å². The molecule has 2 aliphatic carbocycles. The van der Waals surface area contributed by atoms with Crippen LogP contribution in [0.1, 0.15) is 43.7 Å². The Kier molecular flexibility index (Phi) is 3.10. The number of hydrogen-bond donors (Lipinski definition) is 2. The molecule has 1 aromatic carbocycles. The number of carbonyl (C=O) groups excluding carboxylic acids is 2. The van der Waals surface area contributed by atoms with E-state index < -0.39 is 5.54 Å². The summed E-state index contributed by atoms with van der Waals surface area (Å²) in [5, 5.41) is 6.39. The number of para-hydroxylation sites is 1. The molecule has 0 aromatic heterocycles. The molecule has 2 bridgehead atoms. The van der Waals surface area contributed by atoms with Crippen LogP contribution >= 0.6 is 0 Å². The van der Waals surface area contributed by atoms with Gasteiger partial charge in [-0.3, -0.25) is 9.59 Å². The molecule has 142 valence electrons. The van der Waals surface area contributed by atoms with Gasteiger partial charge in [0, 0.05) is 30.2 Å². The zero-order valence-corrected chi connectivity index (χ0v) is 15.2. The van der Waals surface area contributed by atoms with E-state index in [0.717, 1.165) is 37.0 Å². The van der Waals surface area contributed by atoms with E-state index in [2.05, 4.69) is 10.6 Å². The molecule has 3 aliphatic heterocycles. The van der Waals surface area contributed by atoms with Gasteiger partial charge in [-0.1, -0.05) is 18.2 Å². The first-order valence-corrected chi connectivity index (χ1v) is 10.1. The summed E-state index contributed by atoms with van der Waals surface area (Å²) in [7, 11) is 0. The number of benzene rings is 1. The van der Waals surface area contributed by atoms with Gasteiger partial charge in [0.1, 0.15) is 16.9 Å². The van der Waals surface area contributed by atoms with Crippen molar-refractivity contribution in [2.45, 2.75) is 49.3 Å². The van der Waals surface area contributed by atoms with Crippen molar-refractivity contribution in [3.63, 3.8) is 0 Å². The summed E-state index contributed by atoms with van der Waals surface area (Å²) in [6, 6.07) is 7.82. The van der Waals surface area contributed by atoms with Gasteiger partial charge in [-0.15, -0.1) is 0 Å². The molecule has 6 rings (SSSR count). The minimum atomic E-state index is -0.697. The van der Waals surface area contributed by atoms with E-state index in [-0.39, 0.29) is 35.3 Å². The van der Waals surface area contributed by atoms with Crippen molar-refractivity contribution >= 4 is 11.8 Å². The monoisotopic (exact) mass is 368 g/mol. The fraction of sp³-hybridized carbons (Fsp3) is 0.619. The summed E-state index contributed by atoms with van der Waals surface area (Å²) in [5.74, 6) is 1.59. The lowest BCUT2D eigenvalue weighted by Gasteiger charge is -2.40. The zero-order chi connectivity index (χ0) is 18.2. The molecule has 6 heteroatoms. The van der Waals surface area contributed by atoms with E-state index in [4.69, 9.17) is 9.47 Å². The summed E-state index contributed by atoms with van der Waals surface area (Å²) >= 11 is 0. The number of carbonyl (C=O) groups is 2. The third-order valence-electron chi connectivity index (χ3n) is 7.56. The van der Waals surface area contributed by atoms with E-state index in [0.29, 0.717) is 25.6 Å². The van der Waals surface area contributed by atoms with Gasteiger partial charge in [0.2, 0.25) is 11.8 Å². The van der Waals surface area contributed by atoms with Gasteiger partial charge in [-0.05, 0) is 31.2 Å². The highest BCUT2D eigenvalue weighted by atomic mass is 16.6.